The summed E-state index contributed by atoms with van der Waals surface area (Å²) in [6.07, 6.45) is 2.98. The Kier molecular flexibility index (Phi) is 5.75. The molecule has 0 bridgehead atoms. The summed E-state index contributed by atoms with van der Waals surface area (Å²) in [7, 11) is 0. The van der Waals surface area contributed by atoms with E-state index in [0.717, 1.165) is 26.9 Å². The van der Waals surface area contributed by atoms with Crippen LogP contribution < -0.4 is 22.1 Å². The monoisotopic (exact) mass is 500 g/mol. The van der Waals surface area contributed by atoms with Crippen LogP contribution in [0.2, 0.25) is 0 Å². The minimum atomic E-state index is -0.499. The van der Waals surface area contributed by atoms with Gasteiger partial charge in [-0.1, -0.05) is 34.1 Å². The number of hydrogen-bond donors (Lipinski definition) is 2. The third-order valence-electron chi connectivity index (χ3n) is 4.75. The maximum absolute atomic E-state index is 13.0. The van der Waals surface area contributed by atoms with Gasteiger partial charge in [0.1, 0.15) is 9.71 Å². The second-order valence-corrected chi connectivity index (χ2v) is 8.89. The van der Waals surface area contributed by atoms with Gasteiger partial charge in [0.2, 0.25) is 5.56 Å². The first-order valence-electron chi connectivity index (χ1n) is 9.29. The fraction of sp³-hybridized carbons (Fsp3) is 0.143. The number of nitrogens with zero attached hydrogens (tertiary/aromatic N) is 2. The largest absolute Gasteiger partial charge is 0.347 e. The van der Waals surface area contributed by atoms with Crippen LogP contribution >= 0.6 is 27.3 Å². The molecule has 0 radical (unpaired) electrons. The van der Waals surface area contributed by atoms with Gasteiger partial charge in [-0.3, -0.25) is 23.4 Å². The second-order valence-electron chi connectivity index (χ2n) is 6.94. The Balaban J connectivity index is 1.66. The first-order valence-corrected chi connectivity index (χ1v) is 10.9. The van der Waals surface area contributed by atoms with Gasteiger partial charge in [0.05, 0.1) is 6.54 Å². The predicted molar refractivity (Wildman–Crippen MR) is 122 cm³/mol. The molecule has 0 aliphatic rings. The number of nitrogens with one attached hydrogen (secondary N) is 2. The van der Waals surface area contributed by atoms with Crippen molar-refractivity contribution >= 4 is 38.0 Å². The van der Waals surface area contributed by atoms with E-state index in [0.29, 0.717) is 15.3 Å². The molecule has 4 rings (SSSR count). The van der Waals surface area contributed by atoms with Crippen LogP contribution in [0.4, 0.5) is 0 Å². The molecule has 3 aromatic heterocycles. The normalized spacial score (nSPS) is 11.0. The summed E-state index contributed by atoms with van der Waals surface area (Å²) in [5, 5.41) is 2.75. The summed E-state index contributed by atoms with van der Waals surface area (Å²) in [5.74, 6) is -0.371. The highest BCUT2D eigenvalue weighted by molar-refractivity contribution is 9.10. The topological polar surface area (TPSA) is 105 Å². The van der Waals surface area contributed by atoms with Gasteiger partial charge in [-0.15, -0.1) is 11.3 Å². The van der Waals surface area contributed by atoms with Crippen LogP contribution in [0.3, 0.4) is 0 Å². The molecule has 0 spiro atoms. The van der Waals surface area contributed by atoms with Crippen LogP contribution in [0.1, 0.15) is 26.4 Å². The zero-order valence-corrected chi connectivity index (χ0v) is 18.7. The number of rotatable bonds is 5. The number of pyridine rings is 1. The zero-order valence-electron chi connectivity index (χ0n) is 16.3. The lowest BCUT2D eigenvalue weighted by Gasteiger charge is -2.08. The molecule has 0 fully saturated rings. The van der Waals surface area contributed by atoms with Gasteiger partial charge in [0.15, 0.2) is 0 Å². The summed E-state index contributed by atoms with van der Waals surface area (Å²) in [6, 6.07) is 10.4. The Morgan fingerprint density at radius 1 is 1.16 bits per heavy atom. The molecule has 3 heterocycles. The maximum atomic E-state index is 13.0. The molecule has 1 amide bonds. The Morgan fingerprint density at radius 3 is 2.68 bits per heavy atom. The summed E-state index contributed by atoms with van der Waals surface area (Å²) < 4.78 is 3.36. The molecular weight excluding hydrogens is 484 g/mol. The number of fused-ring (bicyclic) bond motifs is 1. The fourth-order valence-corrected chi connectivity index (χ4v) is 4.60. The van der Waals surface area contributed by atoms with Crippen LogP contribution in [-0.4, -0.2) is 19.9 Å². The molecule has 0 unspecified atom stereocenters. The van der Waals surface area contributed by atoms with Gasteiger partial charge in [0.25, 0.3) is 11.5 Å². The number of benzene rings is 1. The van der Waals surface area contributed by atoms with E-state index in [1.807, 2.05) is 24.3 Å². The summed E-state index contributed by atoms with van der Waals surface area (Å²) in [5.41, 5.74) is 0.838. The number of aryl methyl sites for hydroxylation is 1. The highest BCUT2D eigenvalue weighted by Crippen LogP contribution is 2.19. The van der Waals surface area contributed by atoms with Crippen LogP contribution in [0.25, 0.3) is 4.83 Å². The molecule has 31 heavy (non-hydrogen) atoms. The number of aromatic nitrogens is 3. The minimum absolute atomic E-state index is 0.129. The number of aromatic amines is 1. The standard InChI is InChI=1S/C21H17BrN4O4S/c1-12-19(29)25(10-13-3-2-4-15(22)7-13)21(30)26-11-16(31-20(12)26)18(28)24-9-14-5-6-17(27)23-8-14/h2-8,11H,9-10H2,1H3,(H,23,27)(H,24,28). The van der Waals surface area contributed by atoms with E-state index in [4.69, 9.17) is 0 Å². The van der Waals surface area contributed by atoms with Crippen LogP contribution in [0, 0.1) is 6.92 Å². The lowest BCUT2D eigenvalue weighted by atomic mass is 10.2. The summed E-state index contributed by atoms with van der Waals surface area (Å²) in [6.45, 7) is 1.99. The Labute approximate surface area is 187 Å². The van der Waals surface area contributed by atoms with E-state index in [1.165, 1.54) is 27.4 Å². The van der Waals surface area contributed by atoms with Crippen molar-refractivity contribution in [3.63, 3.8) is 0 Å². The Bertz CT molecular complexity index is 1460. The van der Waals surface area contributed by atoms with Crippen molar-refractivity contribution in [1.82, 2.24) is 19.3 Å². The van der Waals surface area contributed by atoms with Gasteiger partial charge < -0.3 is 10.3 Å². The van der Waals surface area contributed by atoms with Crippen molar-refractivity contribution in [2.75, 3.05) is 0 Å². The van der Waals surface area contributed by atoms with Crippen molar-refractivity contribution < 1.29 is 4.79 Å². The highest BCUT2D eigenvalue weighted by Gasteiger charge is 2.17. The third-order valence-corrected chi connectivity index (χ3v) is 6.45. The molecule has 8 nitrogen and oxygen atoms in total. The number of carbonyl (C=O) groups is 1. The van der Waals surface area contributed by atoms with Crippen molar-refractivity contribution in [2.45, 2.75) is 20.0 Å². The smallest absolute Gasteiger partial charge is 0.336 e. The number of hydrogen-bond acceptors (Lipinski definition) is 5. The lowest BCUT2D eigenvalue weighted by molar-refractivity contribution is 0.0954. The summed E-state index contributed by atoms with van der Waals surface area (Å²) in [4.78, 5) is 52.8. The molecule has 0 aliphatic carbocycles. The summed E-state index contributed by atoms with van der Waals surface area (Å²) >= 11 is 4.48. The molecular formula is C21H17BrN4O4S. The van der Waals surface area contributed by atoms with Crippen molar-refractivity contribution in [1.29, 1.82) is 0 Å². The average Bonchev–Trinajstić information content (AvgIpc) is 3.21. The highest BCUT2D eigenvalue weighted by atomic mass is 79.9. The second kappa shape index (κ2) is 8.48. The van der Waals surface area contributed by atoms with E-state index in [2.05, 4.69) is 26.2 Å². The lowest BCUT2D eigenvalue weighted by Crippen LogP contribution is -2.38. The molecule has 158 valence electrons. The number of carbonyl (C=O) groups excluding carboxylic acids is 1. The number of halogens is 1. The van der Waals surface area contributed by atoms with Crippen LogP contribution in [0.15, 0.2) is 67.6 Å². The molecule has 0 saturated heterocycles. The molecule has 0 saturated carbocycles. The van der Waals surface area contributed by atoms with Crippen LogP contribution in [-0.2, 0) is 13.1 Å². The van der Waals surface area contributed by atoms with E-state index in [1.54, 1.807) is 13.0 Å². The van der Waals surface area contributed by atoms with Crippen molar-refractivity contribution in [3.05, 3.63) is 106 Å². The molecule has 2 N–H and O–H groups in total. The Morgan fingerprint density at radius 2 is 1.97 bits per heavy atom. The van der Waals surface area contributed by atoms with E-state index in [-0.39, 0.29) is 30.1 Å². The first-order chi connectivity index (χ1) is 14.8. The molecule has 1 aromatic carbocycles. The molecule has 10 heteroatoms. The van der Waals surface area contributed by atoms with Gasteiger partial charge in [-0.2, -0.15) is 0 Å². The van der Waals surface area contributed by atoms with Crippen molar-refractivity contribution in [2.24, 2.45) is 0 Å². The average molecular weight is 501 g/mol. The predicted octanol–water partition coefficient (Wildman–Crippen LogP) is 2.26. The number of thiazole rings is 1. The molecule has 0 atom stereocenters. The van der Waals surface area contributed by atoms with Crippen molar-refractivity contribution in [3.8, 4) is 0 Å². The van der Waals surface area contributed by atoms with Gasteiger partial charge in [-0.25, -0.2) is 4.79 Å². The van der Waals surface area contributed by atoms with E-state index in [9.17, 15) is 19.2 Å². The number of amides is 1. The molecule has 4 aromatic rings. The Hall–Kier alpha value is -3.24. The third kappa shape index (κ3) is 4.30. The zero-order chi connectivity index (χ0) is 22.1. The van der Waals surface area contributed by atoms with E-state index < -0.39 is 5.69 Å². The van der Waals surface area contributed by atoms with Gasteiger partial charge in [-0.05, 0) is 30.2 Å². The quantitative estimate of drug-likeness (QED) is 0.438. The molecule has 0 aliphatic heterocycles. The van der Waals surface area contributed by atoms with Gasteiger partial charge in [0, 0.05) is 35.0 Å². The first kappa shape index (κ1) is 21.0. The number of H-pyrrole nitrogens is 1. The minimum Gasteiger partial charge on any atom is -0.347 e. The fourth-order valence-electron chi connectivity index (χ4n) is 3.15. The SMILES string of the molecule is Cc1c(=O)n(Cc2cccc(Br)c2)c(=O)n2cc(C(=O)NCc3ccc(=O)[nH]c3)sc12. The van der Waals surface area contributed by atoms with E-state index >= 15 is 0 Å². The van der Waals surface area contributed by atoms with Gasteiger partial charge >= 0.3 is 5.69 Å². The van der Waals surface area contributed by atoms with Crippen LogP contribution in [0.5, 0.6) is 0 Å². The maximum Gasteiger partial charge on any atom is 0.336 e.